The summed E-state index contributed by atoms with van der Waals surface area (Å²) in [5.74, 6) is 0. The van der Waals surface area contributed by atoms with Crippen LogP contribution in [-0.4, -0.2) is 28.5 Å². The van der Waals surface area contributed by atoms with Gasteiger partial charge >= 0.3 is 0 Å². The van der Waals surface area contributed by atoms with Crippen molar-refractivity contribution < 1.29 is 10.2 Å². The summed E-state index contributed by atoms with van der Waals surface area (Å²) in [6.07, 6.45) is -0.0718. The second-order valence-electron chi connectivity index (χ2n) is 2.37. The van der Waals surface area contributed by atoms with Crippen molar-refractivity contribution in [2.75, 3.05) is 0 Å². The monoisotopic (exact) mass is 117 g/mol. The number of aliphatic hydroxyl groups is 2. The van der Waals surface area contributed by atoms with E-state index in [9.17, 15) is 0 Å². The Bertz CT molecular complexity index is 76.5. The molecule has 0 aromatic heterocycles. The summed E-state index contributed by atoms with van der Waals surface area (Å²) < 4.78 is 0. The third kappa shape index (κ3) is 0.992. The maximum atomic E-state index is 8.84. The first-order valence-electron chi connectivity index (χ1n) is 2.82. The van der Waals surface area contributed by atoms with Gasteiger partial charge in [-0.15, -0.1) is 0 Å². The van der Waals surface area contributed by atoms with Gasteiger partial charge in [-0.05, 0) is 12.8 Å². The minimum Gasteiger partial charge on any atom is -0.390 e. The molecule has 0 saturated heterocycles. The Morgan fingerprint density at radius 2 is 1.50 bits per heavy atom. The molecular formula is C5H11NO2. The molecule has 3 heteroatoms. The van der Waals surface area contributed by atoms with Crippen LogP contribution in [0.25, 0.3) is 0 Å². The van der Waals surface area contributed by atoms with Gasteiger partial charge in [0.05, 0.1) is 12.2 Å². The molecular weight excluding hydrogens is 106 g/mol. The van der Waals surface area contributed by atoms with Crippen LogP contribution in [0.2, 0.25) is 0 Å². The molecule has 0 amide bonds. The first kappa shape index (κ1) is 6.01. The average molecular weight is 117 g/mol. The van der Waals surface area contributed by atoms with Crippen molar-refractivity contribution in [3.05, 3.63) is 0 Å². The van der Waals surface area contributed by atoms with E-state index in [1.807, 2.05) is 0 Å². The molecule has 0 heterocycles. The molecule has 1 rings (SSSR count). The normalized spacial score (nSPS) is 40.9. The van der Waals surface area contributed by atoms with Crippen molar-refractivity contribution >= 4 is 0 Å². The van der Waals surface area contributed by atoms with E-state index >= 15 is 0 Å². The van der Waals surface area contributed by atoms with Crippen LogP contribution < -0.4 is 5.73 Å². The summed E-state index contributed by atoms with van der Waals surface area (Å²) in [6, 6.07) is -0.000000000000000444. The highest BCUT2D eigenvalue weighted by molar-refractivity contribution is 4.84. The summed E-state index contributed by atoms with van der Waals surface area (Å²) >= 11 is 0. The van der Waals surface area contributed by atoms with Gasteiger partial charge in [-0.3, -0.25) is 0 Å². The molecule has 0 spiro atoms. The van der Waals surface area contributed by atoms with Crippen LogP contribution in [0.4, 0.5) is 0 Å². The fourth-order valence-electron chi connectivity index (χ4n) is 1.03. The van der Waals surface area contributed by atoms with Crippen molar-refractivity contribution in [1.29, 1.82) is 0 Å². The molecule has 0 aliphatic heterocycles. The Hall–Kier alpha value is -0.120. The van der Waals surface area contributed by atoms with Gasteiger partial charge in [0, 0.05) is 6.04 Å². The zero-order valence-corrected chi connectivity index (χ0v) is 4.62. The van der Waals surface area contributed by atoms with Crippen molar-refractivity contribution in [2.24, 2.45) is 5.73 Å². The summed E-state index contributed by atoms with van der Waals surface area (Å²) in [6.45, 7) is 0. The highest BCUT2D eigenvalue weighted by Crippen LogP contribution is 2.17. The van der Waals surface area contributed by atoms with Gasteiger partial charge in [-0.2, -0.15) is 0 Å². The minimum atomic E-state index is -0.579. The summed E-state index contributed by atoms with van der Waals surface area (Å²) in [5.41, 5.74) is 5.40. The van der Waals surface area contributed by atoms with Crippen LogP contribution >= 0.6 is 0 Å². The molecule has 1 aliphatic rings. The topological polar surface area (TPSA) is 66.5 Å². The number of nitrogens with two attached hydrogens (primary N) is 1. The second-order valence-corrected chi connectivity index (χ2v) is 2.37. The predicted octanol–water partition coefficient (Wildman–Crippen LogP) is -1.17. The fourth-order valence-corrected chi connectivity index (χ4v) is 1.03. The second kappa shape index (κ2) is 2.01. The van der Waals surface area contributed by atoms with Crippen molar-refractivity contribution in [2.45, 2.75) is 31.1 Å². The van der Waals surface area contributed by atoms with Gasteiger partial charge in [0.25, 0.3) is 0 Å². The lowest BCUT2D eigenvalue weighted by atomic mass is 10.3. The lowest BCUT2D eigenvalue weighted by Crippen LogP contribution is -2.17. The number of hydrogen-bond donors (Lipinski definition) is 3. The molecule has 8 heavy (non-hydrogen) atoms. The molecule has 1 aliphatic carbocycles. The molecule has 0 aromatic rings. The lowest BCUT2D eigenvalue weighted by Gasteiger charge is -2.02. The van der Waals surface area contributed by atoms with Crippen LogP contribution in [0.5, 0.6) is 0 Å². The Kier molecular flexibility index (Phi) is 1.51. The third-order valence-corrected chi connectivity index (χ3v) is 1.53. The van der Waals surface area contributed by atoms with Gasteiger partial charge in [0.15, 0.2) is 0 Å². The zero-order valence-electron chi connectivity index (χ0n) is 4.62. The Morgan fingerprint density at radius 3 is 1.62 bits per heavy atom. The van der Waals surface area contributed by atoms with Gasteiger partial charge < -0.3 is 15.9 Å². The van der Waals surface area contributed by atoms with Crippen molar-refractivity contribution in [3.63, 3.8) is 0 Å². The zero-order chi connectivity index (χ0) is 6.15. The van der Waals surface area contributed by atoms with Gasteiger partial charge in [-0.1, -0.05) is 0 Å². The highest BCUT2D eigenvalue weighted by Gasteiger charge is 2.28. The number of rotatable bonds is 0. The summed E-state index contributed by atoms with van der Waals surface area (Å²) in [5, 5.41) is 17.7. The maximum absolute atomic E-state index is 8.84. The SMILES string of the molecule is NC1C[C@@H](O)[C@H](O)C1. The standard InChI is InChI=1S/C5H11NO2/c6-3-1-4(7)5(8)2-3/h3-5,7-8H,1-2,6H2/t4-,5-/m1/s1. The van der Waals surface area contributed by atoms with Crippen LogP contribution in [0, 0.1) is 0 Å². The molecule has 0 bridgehead atoms. The third-order valence-electron chi connectivity index (χ3n) is 1.53. The molecule has 1 saturated carbocycles. The predicted molar refractivity (Wildman–Crippen MR) is 29.2 cm³/mol. The van der Waals surface area contributed by atoms with Crippen LogP contribution in [0.1, 0.15) is 12.8 Å². The molecule has 0 radical (unpaired) electrons. The molecule has 48 valence electrons. The Labute approximate surface area is 48.1 Å². The summed E-state index contributed by atoms with van der Waals surface area (Å²) in [4.78, 5) is 0. The first-order valence-corrected chi connectivity index (χ1v) is 2.82. The Morgan fingerprint density at radius 1 is 1.12 bits per heavy atom. The van der Waals surface area contributed by atoms with Gasteiger partial charge in [0.1, 0.15) is 0 Å². The van der Waals surface area contributed by atoms with E-state index in [0.717, 1.165) is 0 Å². The van der Waals surface area contributed by atoms with E-state index in [4.69, 9.17) is 15.9 Å². The van der Waals surface area contributed by atoms with Crippen molar-refractivity contribution in [3.8, 4) is 0 Å². The van der Waals surface area contributed by atoms with Crippen LogP contribution in [-0.2, 0) is 0 Å². The molecule has 0 aromatic carbocycles. The molecule has 4 N–H and O–H groups in total. The lowest BCUT2D eigenvalue weighted by molar-refractivity contribution is 0.0438. The van der Waals surface area contributed by atoms with Crippen LogP contribution in [0.3, 0.4) is 0 Å². The van der Waals surface area contributed by atoms with Crippen molar-refractivity contribution in [1.82, 2.24) is 0 Å². The molecule has 1 fully saturated rings. The van der Waals surface area contributed by atoms with E-state index in [1.165, 1.54) is 0 Å². The van der Waals surface area contributed by atoms with Gasteiger partial charge in [-0.25, -0.2) is 0 Å². The smallest absolute Gasteiger partial charge is 0.0814 e. The minimum absolute atomic E-state index is 0.000000000000000444. The Balaban J connectivity index is 2.39. The van der Waals surface area contributed by atoms with E-state index in [2.05, 4.69) is 0 Å². The van der Waals surface area contributed by atoms with Gasteiger partial charge in [0.2, 0.25) is 0 Å². The van der Waals surface area contributed by atoms with E-state index < -0.39 is 12.2 Å². The highest BCUT2D eigenvalue weighted by atomic mass is 16.3. The quantitative estimate of drug-likeness (QED) is 0.374. The molecule has 0 unspecified atom stereocenters. The number of aliphatic hydroxyl groups excluding tert-OH is 2. The van der Waals surface area contributed by atoms with E-state index in [-0.39, 0.29) is 6.04 Å². The summed E-state index contributed by atoms with van der Waals surface area (Å²) in [7, 11) is 0. The van der Waals surface area contributed by atoms with E-state index in [1.54, 1.807) is 0 Å². The first-order chi connectivity index (χ1) is 3.70. The largest absolute Gasteiger partial charge is 0.390 e. The van der Waals surface area contributed by atoms with Crippen LogP contribution in [0.15, 0.2) is 0 Å². The fraction of sp³-hybridized carbons (Fsp3) is 1.00. The maximum Gasteiger partial charge on any atom is 0.0814 e. The average Bonchev–Trinajstić information content (AvgIpc) is 1.85. The number of hydrogen-bond acceptors (Lipinski definition) is 3. The molecule has 3 nitrogen and oxygen atoms in total. The molecule has 2 atom stereocenters. The van der Waals surface area contributed by atoms with E-state index in [0.29, 0.717) is 12.8 Å².